The molecular formula is C48H72N4O7. The summed E-state index contributed by atoms with van der Waals surface area (Å²) in [6.45, 7) is 24.8. The fourth-order valence-corrected chi connectivity index (χ4v) is 14.8. The van der Waals surface area contributed by atoms with Gasteiger partial charge in [-0.15, -0.1) is 0 Å². The van der Waals surface area contributed by atoms with E-state index in [9.17, 15) is 29.4 Å². The molecule has 0 saturated heterocycles. The summed E-state index contributed by atoms with van der Waals surface area (Å²) < 4.78 is 6.42. The maximum Gasteiger partial charge on any atom is 0.309 e. The van der Waals surface area contributed by atoms with Crippen molar-refractivity contribution in [3.05, 3.63) is 35.4 Å². The second kappa shape index (κ2) is 14.7. The van der Waals surface area contributed by atoms with E-state index in [0.29, 0.717) is 37.8 Å². The van der Waals surface area contributed by atoms with Gasteiger partial charge in [0.05, 0.1) is 17.9 Å². The van der Waals surface area contributed by atoms with Gasteiger partial charge in [0.25, 0.3) is 5.91 Å². The summed E-state index contributed by atoms with van der Waals surface area (Å²) in [6, 6.07) is 1.67. The van der Waals surface area contributed by atoms with Crippen LogP contribution in [0.4, 0.5) is 0 Å². The number of allylic oxidation sites excluding steroid dienone is 1. The minimum absolute atomic E-state index is 0.0172. The number of carbonyl (C=O) groups excluding carboxylic acids is 3. The first-order chi connectivity index (χ1) is 27.4. The smallest absolute Gasteiger partial charge is 0.309 e. The van der Waals surface area contributed by atoms with Crippen molar-refractivity contribution >= 4 is 23.6 Å². The molecule has 1 heterocycles. The van der Waals surface area contributed by atoms with Crippen molar-refractivity contribution in [1.29, 1.82) is 0 Å². The molecule has 6 aliphatic rings. The van der Waals surface area contributed by atoms with Crippen LogP contribution in [0.25, 0.3) is 0 Å². The molecule has 7 rings (SSSR count). The highest BCUT2D eigenvalue weighted by molar-refractivity contribution is 6.00. The summed E-state index contributed by atoms with van der Waals surface area (Å²) in [6.07, 6.45) is 10.4. The average molecular weight is 817 g/mol. The van der Waals surface area contributed by atoms with E-state index in [1.54, 1.807) is 18.5 Å². The predicted octanol–water partition coefficient (Wildman–Crippen LogP) is 7.57. The van der Waals surface area contributed by atoms with Crippen molar-refractivity contribution in [1.82, 2.24) is 20.6 Å². The first kappa shape index (κ1) is 43.9. The van der Waals surface area contributed by atoms with E-state index in [-0.39, 0.29) is 63.1 Å². The number of Topliss-reactive ketones (excluding diaryl/α,β-unsaturated/α-hetero) is 1. The lowest BCUT2D eigenvalue weighted by molar-refractivity contribution is -0.238. The first-order valence-electron chi connectivity index (χ1n) is 22.6. The van der Waals surface area contributed by atoms with Gasteiger partial charge in [0.1, 0.15) is 6.10 Å². The zero-order valence-electron chi connectivity index (χ0n) is 37.7. The van der Waals surface area contributed by atoms with Gasteiger partial charge < -0.3 is 25.6 Å². The highest BCUT2D eigenvalue weighted by atomic mass is 16.5. The van der Waals surface area contributed by atoms with Gasteiger partial charge >= 0.3 is 11.9 Å². The van der Waals surface area contributed by atoms with Crippen molar-refractivity contribution in [2.75, 3.05) is 13.1 Å². The van der Waals surface area contributed by atoms with Crippen LogP contribution in [0.2, 0.25) is 0 Å². The topological polar surface area (TPSA) is 168 Å². The van der Waals surface area contributed by atoms with E-state index in [0.717, 1.165) is 56.9 Å². The molecule has 4 N–H and O–H groups in total. The number of hydrogen-bond donors (Lipinski definition) is 4. The maximum absolute atomic E-state index is 14.2. The van der Waals surface area contributed by atoms with Crippen LogP contribution in [0.15, 0.2) is 29.6 Å². The Kier molecular flexibility index (Phi) is 11.0. The number of aliphatic hydroxyl groups is 1. The molecule has 1 aromatic rings. The summed E-state index contributed by atoms with van der Waals surface area (Å²) in [5.41, 5.74) is 0.0789. The van der Waals surface area contributed by atoms with Crippen LogP contribution in [-0.4, -0.2) is 74.6 Å². The van der Waals surface area contributed by atoms with Crippen LogP contribution in [0.1, 0.15) is 151 Å². The van der Waals surface area contributed by atoms with Crippen LogP contribution in [0, 0.1) is 68.0 Å². The maximum atomic E-state index is 14.2. The minimum Gasteiger partial charge on any atom is -0.481 e. The molecule has 1 amide bonds. The molecule has 59 heavy (non-hydrogen) atoms. The summed E-state index contributed by atoms with van der Waals surface area (Å²) in [5, 5.41) is 28.5. The number of ether oxygens (including phenoxy) is 1. The van der Waals surface area contributed by atoms with E-state index >= 15 is 0 Å². The molecule has 326 valence electrons. The Morgan fingerprint density at radius 1 is 0.881 bits per heavy atom. The number of carbonyl (C=O) groups is 4. The molecule has 6 aliphatic carbocycles. The Bertz CT molecular complexity index is 1890. The highest BCUT2D eigenvalue weighted by Crippen LogP contribution is 2.77. The molecule has 1 aromatic heterocycles. The van der Waals surface area contributed by atoms with Gasteiger partial charge in [0, 0.05) is 48.3 Å². The van der Waals surface area contributed by atoms with E-state index in [1.807, 2.05) is 27.7 Å². The van der Waals surface area contributed by atoms with E-state index in [2.05, 4.69) is 69.1 Å². The van der Waals surface area contributed by atoms with Gasteiger partial charge in [0.2, 0.25) is 5.82 Å². The standard InChI is InChI=1S/C48H72N4O7/c1-27(2)36-31(53)24-48(34(54)25-49-26-42(3,4)52-39(55)38-50-21-12-22-51-38)20-19-46(10)28(37(36)48)13-14-33-45(9)17-16-35(44(7,8)32(45)15-18-47(33,46)11)59-41(58)30-23-29(40(56)57)43(30,5)6/h12,21-22,27-30,32-35,49,54H,13-20,23-26H2,1-11H3,(H,52,55)(H,56,57)/t28-,29+,30-,32+,33-,34+,35+,45+,46-,47-,48+/m1/s1. The number of rotatable bonds is 11. The molecule has 11 heteroatoms. The number of nitrogens with one attached hydrogen (secondary N) is 2. The third kappa shape index (κ3) is 6.72. The van der Waals surface area contributed by atoms with Crippen molar-refractivity contribution in [3.63, 3.8) is 0 Å². The van der Waals surface area contributed by atoms with Crippen LogP contribution >= 0.6 is 0 Å². The number of ketones is 1. The Labute approximate surface area is 352 Å². The SMILES string of the molecule is CC(C)C1=C2[C@H]3CC[C@@H]4[C@@]5(C)CC[C@H](OC(=O)[C@H]6C[C@@H](C(=O)O)C6(C)C)C(C)(C)[C@@H]5CC[C@@]4(C)[C@]3(C)CC[C@@]2([C@@H](O)CNCC(C)(C)NC(=O)c2ncccn2)CC1=O. The van der Waals surface area contributed by atoms with E-state index in [4.69, 9.17) is 4.74 Å². The molecule has 0 unspecified atom stereocenters. The number of carboxylic acids is 1. The number of carboxylic acid groups (broad SMARTS) is 1. The quantitative estimate of drug-likeness (QED) is 0.164. The van der Waals surface area contributed by atoms with Crippen LogP contribution < -0.4 is 10.6 Å². The Morgan fingerprint density at radius 2 is 1.56 bits per heavy atom. The first-order valence-corrected chi connectivity index (χ1v) is 22.6. The van der Waals surface area contributed by atoms with Crippen molar-refractivity contribution in [2.24, 2.45) is 68.0 Å². The highest BCUT2D eigenvalue weighted by Gasteiger charge is 2.71. The fraction of sp³-hybridized carbons (Fsp3) is 0.792. The van der Waals surface area contributed by atoms with E-state index < -0.39 is 40.3 Å². The lowest BCUT2D eigenvalue weighted by Crippen LogP contribution is -2.66. The summed E-state index contributed by atoms with van der Waals surface area (Å²) in [5.74, 6) is -0.956. The number of fused-ring (bicyclic) bond motifs is 7. The number of aliphatic carboxylic acids is 1. The van der Waals surface area contributed by atoms with Crippen LogP contribution in [0.3, 0.4) is 0 Å². The van der Waals surface area contributed by atoms with Gasteiger partial charge in [-0.2, -0.15) is 0 Å². The number of nitrogens with zero attached hydrogens (tertiary/aromatic N) is 2. The molecule has 5 fully saturated rings. The normalized spacial score (nSPS) is 38.9. The second-order valence-electron chi connectivity index (χ2n) is 22.7. The van der Waals surface area contributed by atoms with Gasteiger partial charge in [-0.25, -0.2) is 9.97 Å². The largest absolute Gasteiger partial charge is 0.481 e. The van der Waals surface area contributed by atoms with Gasteiger partial charge in [-0.05, 0) is 129 Å². The monoisotopic (exact) mass is 817 g/mol. The molecule has 0 spiro atoms. The Morgan fingerprint density at radius 3 is 2.19 bits per heavy atom. The molecule has 0 aliphatic heterocycles. The summed E-state index contributed by atoms with van der Waals surface area (Å²) >= 11 is 0. The van der Waals surface area contributed by atoms with Crippen molar-refractivity contribution < 1.29 is 34.1 Å². The fourth-order valence-electron chi connectivity index (χ4n) is 14.8. The molecule has 0 radical (unpaired) electrons. The number of hydrogen-bond acceptors (Lipinski definition) is 9. The number of esters is 1. The van der Waals surface area contributed by atoms with Crippen molar-refractivity contribution in [3.8, 4) is 0 Å². The molecule has 11 atom stereocenters. The van der Waals surface area contributed by atoms with Crippen LogP contribution in [-0.2, 0) is 19.1 Å². The van der Waals surface area contributed by atoms with Gasteiger partial charge in [0.15, 0.2) is 5.78 Å². The average Bonchev–Trinajstić information content (AvgIpc) is 3.45. The number of aromatic nitrogens is 2. The lowest BCUT2D eigenvalue weighted by atomic mass is 9.33. The molecule has 11 nitrogen and oxygen atoms in total. The Hall–Kier alpha value is -3.18. The molecule has 0 aromatic carbocycles. The minimum atomic E-state index is -0.839. The van der Waals surface area contributed by atoms with Gasteiger partial charge in [-0.1, -0.05) is 67.9 Å². The zero-order valence-corrected chi connectivity index (χ0v) is 37.7. The second-order valence-corrected chi connectivity index (χ2v) is 22.7. The molecule has 0 bridgehead atoms. The van der Waals surface area contributed by atoms with Crippen molar-refractivity contribution in [2.45, 2.75) is 158 Å². The van der Waals surface area contributed by atoms with E-state index in [1.165, 1.54) is 5.57 Å². The third-order valence-electron chi connectivity index (χ3n) is 18.3. The molecule has 5 saturated carbocycles. The summed E-state index contributed by atoms with van der Waals surface area (Å²) in [4.78, 5) is 60.6. The number of aliphatic hydroxyl groups excluding tert-OH is 1. The lowest BCUT2D eigenvalue weighted by Gasteiger charge is -2.72. The zero-order chi connectivity index (χ0) is 43.3. The Balaban J connectivity index is 1.09. The van der Waals surface area contributed by atoms with Gasteiger partial charge in [-0.3, -0.25) is 19.2 Å². The predicted molar refractivity (Wildman–Crippen MR) is 225 cm³/mol. The third-order valence-corrected chi connectivity index (χ3v) is 18.3. The van der Waals surface area contributed by atoms with Crippen LogP contribution in [0.5, 0.6) is 0 Å². The molecular weight excluding hydrogens is 745 g/mol. The summed E-state index contributed by atoms with van der Waals surface area (Å²) in [7, 11) is 0. The number of amides is 1.